The average molecular weight is 526 g/mol. The number of methoxy groups -OCH3 is 1. The predicted octanol–water partition coefficient (Wildman–Crippen LogP) is 3.20. The zero-order valence-corrected chi connectivity index (χ0v) is 23.7. The van der Waals surface area contributed by atoms with Gasteiger partial charge >= 0.3 is 0 Å². The second-order valence-corrected chi connectivity index (χ2v) is 12.0. The number of carbonyl (C=O) groups excluding carboxylic acids is 1. The van der Waals surface area contributed by atoms with Gasteiger partial charge in [-0.1, -0.05) is 6.82 Å². The van der Waals surface area contributed by atoms with Gasteiger partial charge in [0.05, 0.1) is 18.5 Å². The number of hydrogen-bond donors (Lipinski definition) is 1. The Morgan fingerprint density at radius 1 is 1.24 bits per heavy atom. The molecule has 1 aliphatic heterocycles. The quantitative estimate of drug-likeness (QED) is 0.418. The van der Waals surface area contributed by atoms with Crippen molar-refractivity contribution in [1.29, 1.82) is 0 Å². The topological polar surface area (TPSA) is 104 Å². The van der Waals surface area contributed by atoms with E-state index in [0.717, 1.165) is 56.6 Å². The Morgan fingerprint density at radius 2 is 2.00 bits per heavy atom. The smallest absolute Gasteiger partial charge is 0.231 e. The van der Waals surface area contributed by atoms with E-state index in [1.165, 1.54) is 0 Å². The Hall–Kier alpha value is -2.08. The third-order valence-electron chi connectivity index (χ3n) is 8.54. The van der Waals surface area contributed by atoms with Crippen LogP contribution in [-0.2, 0) is 19.0 Å². The molecule has 3 heterocycles. The summed E-state index contributed by atoms with van der Waals surface area (Å²) in [7, 11) is 2.36. The molecule has 11 heteroatoms. The molecule has 5 rings (SSSR count). The highest BCUT2D eigenvalue weighted by Gasteiger charge is 2.55. The number of ketones is 1. The minimum atomic E-state index is -0.620. The number of anilines is 1. The fraction of sp³-hybridized carbons (Fsp3) is 0.778. The van der Waals surface area contributed by atoms with Crippen LogP contribution in [0.25, 0.3) is 11.2 Å². The minimum Gasteiger partial charge on any atom is -0.414 e. The average Bonchev–Trinajstić information content (AvgIpc) is 3.49. The van der Waals surface area contributed by atoms with Gasteiger partial charge in [0.25, 0.3) is 0 Å². The molecule has 1 N–H and O–H groups in total. The Balaban J connectivity index is 1.30. The molecule has 38 heavy (non-hydrogen) atoms. The Bertz CT molecular complexity index is 1120. The van der Waals surface area contributed by atoms with Crippen LogP contribution in [0.5, 0.6) is 0 Å². The molecule has 0 unspecified atom stereocenters. The lowest BCUT2D eigenvalue weighted by atomic mass is 9.75. The van der Waals surface area contributed by atoms with Crippen LogP contribution >= 0.6 is 0 Å². The molecule has 1 saturated heterocycles. The number of hydrogen-bond acceptors (Lipinski definition) is 9. The number of fused-ring (bicyclic) bond motifs is 2. The number of imidazole rings is 1. The van der Waals surface area contributed by atoms with E-state index in [1.54, 1.807) is 13.4 Å². The summed E-state index contributed by atoms with van der Waals surface area (Å²) in [6, 6.07) is 1.08. The molecular formula is C27H43BN6O4. The molecule has 2 aromatic rings. The molecule has 0 radical (unpaired) electrons. The van der Waals surface area contributed by atoms with Gasteiger partial charge in [-0.15, -0.1) is 0 Å². The zero-order valence-electron chi connectivity index (χ0n) is 23.7. The molecule has 0 aromatic carbocycles. The number of rotatable bonds is 12. The second kappa shape index (κ2) is 11.2. The number of ether oxygens (including phenoxy) is 3. The van der Waals surface area contributed by atoms with Crippen molar-refractivity contribution in [1.82, 2.24) is 24.4 Å². The van der Waals surface area contributed by atoms with Gasteiger partial charge in [-0.3, -0.25) is 9.69 Å². The fourth-order valence-electron chi connectivity index (χ4n) is 6.76. The molecule has 2 saturated carbocycles. The summed E-state index contributed by atoms with van der Waals surface area (Å²) in [5.74, 6) is 1.31. The highest BCUT2D eigenvalue weighted by atomic mass is 16.8. The highest BCUT2D eigenvalue weighted by Crippen LogP contribution is 2.48. The van der Waals surface area contributed by atoms with Crippen molar-refractivity contribution in [3.05, 3.63) is 12.7 Å². The van der Waals surface area contributed by atoms with Crippen LogP contribution in [0.2, 0.25) is 6.82 Å². The lowest BCUT2D eigenvalue weighted by Crippen LogP contribution is -2.51. The van der Waals surface area contributed by atoms with Gasteiger partial charge in [-0.05, 0) is 59.3 Å². The second-order valence-electron chi connectivity index (χ2n) is 12.0. The van der Waals surface area contributed by atoms with Crippen LogP contribution in [0.1, 0.15) is 65.8 Å². The Morgan fingerprint density at radius 3 is 2.71 bits per heavy atom. The van der Waals surface area contributed by atoms with Gasteiger partial charge in [0.2, 0.25) is 7.41 Å². The van der Waals surface area contributed by atoms with Crippen LogP contribution in [0.15, 0.2) is 12.7 Å². The standard InChI is InChI=1S/C27H43BN6O4/c1-16(2)33(19-9-17(10-19)7-8-20(35)13-36-6)12-18-11-21(24-23(18)37-27(3,4)38-24)34-15-31-22-25(32-28-5)29-14-30-26(22)34/h14-19,21,23-24,28H,7-13H2,1-6H3,(H,29,30,32)/t17?,18-,19?,21-,23-,24+/m1/s1. The SMILES string of the molecule is CBNc1ncnc2c1ncn2[C@@H]1C[C@H](CN(C(C)C)C2CC(CCC(=O)COC)C2)[C@H]2OC(C)(C)O[C@H]21. The first-order valence-electron chi connectivity index (χ1n) is 14.2. The van der Waals surface area contributed by atoms with E-state index in [9.17, 15) is 4.79 Å². The van der Waals surface area contributed by atoms with E-state index in [0.29, 0.717) is 30.3 Å². The third-order valence-corrected chi connectivity index (χ3v) is 8.54. The van der Waals surface area contributed by atoms with Crippen LogP contribution in [0.4, 0.5) is 5.82 Å². The maximum Gasteiger partial charge on any atom is 0.231 e. The highest BCUT2D eigenvalue weighted by molar-refractivity contribution is 6.38. The normalized spacial score (nSPS) is 30.1. The fourth-order valence-corrected chi connectivity index (χ4v) is 6.76. The van der Waals surface area contributed by atoms with Gasteiger partial charge in [-0.25, -0.2) is 15.0 Å². The van der Waals surface area contributed by atoms with Crippen molar-refractivity contribution in [3.8, 4) is 0 Å². The zero-order chi connectivity index (χ0) is 27.0. The molecular weight excluding hydrogens is 483 g/mol. The number of nitrogens with zero attached hydrogens (tertiary/aromatic N) is 5. The summed E-state index contributed by atoms with van der Waals surface area (Å²) in [6.07, 6.45) is 8.31. The van der Waals surface area contributed by atoms with Gasteiger partial charge in [0, 0.05) is 38.1 Å². The van der Waals surface area contributed by atoms with Crippen molar-refractivity contribution in [2.75, 3.05) is 25.5 Å². The van der Waals surface area contributed by atoms with Gasteiger partial charge in [0.15, 0.2) is 17.2 Å². The molecule has 2 aliphatic carbocycles. The van der Waals surface area contributed by atoms with E-state index in [1.807, 2.05) is 20.2 Å². The first-order chi connectivity index (χ1) is 18.2. The van der Waals surface area contributed by atoms with Crippen molar-refractivity contribution >= 4 is 30.2 Å². The van der Waals surface area contributed by atoms with Crippen molar-refractivity contribution in [2.24, 2.45) is 11.8 Å². The molecule has 0 bridgehead atoms. The van der Waals surface area contributed by atoms with Crippen molar-refractivity contribution < 1.29 is 19.0 Å². The molecule has 208 valence electrons. The number of Topliss-reactive ketones (excluding diaryl/α,β-unsaturated/α-hetero) is 1. The monoisotopic (exact) mass is 526 g/mol. The molecule has 4 atom stereocenters. The van der Waals surface area contributed by atoms with Crippen LogP contribution in [-0.4, -0.2) is 88.0 Å². The van der Waals surface area contributed by atoms with Crippen LogP contribution < -0.4 is 5.23 Å². The van der Waals surface area contributed by atoms with Gasteiger partial charge < -0.3 is 24.0 Å². The van der Waals surface area contributed by atoms with E-state index >= 15 is 0 Å². The number of carbonyl (C=O) groups is 1. The Labute approximate surface area is 226 Å². The summed E-state index contributed by atoms with van der Waals surface area (Å²) >= 11 is 0. The minimum absolute atomic E-state index is 0.0197. The Kier molecular flexibility index (Phi) is 8.10. The first-order valence-corrected chi connectivity index (χ1v) is 14.2. The predicted molar refractivity (Wildman–Crippen MR) is 147 cm³/mol. The maximum atomic E-state index is 11.9. The molecule has 3 fully saturated rings. The molecule has 3 aliphatic rings. The van der Waals surface area contributed by atoms with Crippen LogP contribution in [0.3, 0.4) is 0 Å². The maximum absolute atomic E-state index is 11.9. The molecule has 10 nitrogen and oxygen atoms in total. The lowest BCUT2D eigenvalue weighted by Gasteiger charge is -2.46. The summed E-state index contributed by atoms with van der Waals surface area (Å²) in [4.78, 5) is 28.2. The number of aromatic nitrogens is 4. The number of nitrogens with one attached hydrogen (secondary N) is 1. The third kappa shape index (κ3) is 5.48. The summed E-state index contributed by atoms with van der Waals surface area (Å²) in [5.41, 5.74) is 1.63. The van der Waals surface area contributed by atoms with Crippen molar-refractivity contribution in [2.45, 2.75) is 103 Å². The van der Waals surface area contributed by atoms with Crippen molar-refractivity contribution in [3.63, 3.8) is 0 Å². The lowest BCUT2D eigenvalue weighted by molar-refractivity contribution is -0.161. The molecule has 0 amide bonds. The van der Waals surface area contributed by atoms with E-state index in [4.69, 9.17) is 14.2 Å². The summed E-state index contributed by atoms with van der Waals surface area (Å²) in [6.45, 7) is 11.9. The molecule has 0 spiro atoms. The summed E-state index contributed by atoms with van der Waals surface area (Å²) < 4.78 is 20.2. The first kappa shape index (κ1) is 27.5. The molecule has 2 aromatic heterocycles. The largest absolute Gasteiger partial charge is 0.414 e. The van der Waals surface area contributed by atoms with E-state index in [2.05, 4.69) is 50.3 Å². The van der Waals surface area contributed by atoms with Crippen LogP contribution in [0, 0.1) is 11.8 Å². The summed E-state index contributed by atoms with van der Waals surface area (Å²) in [5, 5.41) is 3.30. The van der Waals surface area contributed by atoms with E-state index in [-0.39, 0.29) is 30.6 Å². The van der Waals surface area contributed by atoms with E-state index < -0.39 is 5.79 Å². The van der Waals surface area contributed by atoms with Gasteiger partial charge in [0.1, 0.15) is 30.4 Å². The van der Waals surface area contributed by atoms with Gasteiger partial charge in [-0.2, -0.15) is 0 Å².